The lowest BCUT2D eigenvalue weighted by Crippen LogP contribution is -2.31. The molecule has 4 nitrogen and oxygen atoms in total. The van der Waals surface area contributed by atoms with Crippen LogP contribution in [0.15, 0.2) is 24.3 Å². The van der Waals surface area contributed by atoms with Crippen LogP contribution in [0, 0.1) is 12.3 Å². The molecule has 0 unspecified atom stereocenters. The molecule has 1 aliphatic carbocycles. The molecule has 5 heteroatoms. The van der Waals surface area contributed by atoms with E-state index >= 15 is 0 Å². The van der Waals surface area contributed by atoms with Crippen molar-refractivity contribution in [2.75, 3.05) is 19.3 Å². The maximum atomic E-state index is 11.9. The highest BCUT2D eigenvalue weighted by atomic mass is 32.2. The van der Waals surface area contributed by atoms with Crippen LogP contribution >= 0.6 is 0 Å². The second-order valence-electron chi connectivity index (χ2n) is 5.28. The van der Waals surface area contributed by atoms with Crippen molar-refractivity contribution in [2.45, 2.75) is 18.1 Å². The number of rotatable bonds is 4. The third kappa shape index (κ3) is 1.96. The fourth-order valence-electron chi connectivity index (χ4n) is 2.98. The van der Waals surface area contributed by atoms with E-state index in [1.165, 1.54) is 6.26 Å². The Kier molecular flexibility index (Phi) is 3.25. The Morgan fingerprint density at radius 2 is 1.67 bits per heavy atom. The van der Waals surface area contributed by atoms with Crippen LogP contribution in [0.1, 0.15) is 17.0 Å². The maximum absolute atomic E-state index is 11.9. The first-order valence-electron chi connectivity index (χ1n) is 6.02. The van der Waals surface area contributed by atoms with Gasteiger partial charge in [-0.05, 0) is 12.5 Å². The van der Waals surface area contributed by atoms with Gasteiger partial charge in [0, 0.05) is 30.7 Å². The molecule has 2 atom stereocenters. The first kappa shape index (κ1) is 13.5. The molecule has 4 N–H and O–H groups in total. The predicted molar refractivity (Wildman–Crippen MR) is 73.1 cm³/mol. The third-order valence-corrected chi connectivity index (χ3v) is 5.70. The highest BCUT2D eigenvalue weighted by molar-refractivity contribution is 7.91. The smallest absolute Gasteiger partial charge is 0.151 e. The van der Waals surface area contributed by atoms with Crippen molar-refractivity contribution in [1.29, 1.82) is 0 Å². The van der Waals surface area contributed by atoms with Crippen molar-refractivity contribution in [2.24, 2.45) is 16.9 Å². The van der Waals surface area contributed by atoms with Crippen LogP contribution in [0.5, 0.6) is 0 Å². The van der Waals surface area contributed by atoms with Crippen molar-refractivity contribution < 1.29 is 8.42 Å². The summed E-state index contributed by atoms with van der Waals surface area (Å²) < 4.78 is 23.7. The molecule has 0 heterocycles. The Balaban J connectivity index is 2.41. The summed E-state index contributed by atoms with van der Waals surface area (Å²) in [6.45, 7) is 2.61. The quantitative estimate of drug-likeness (QED) is 0.828. The van der Waals surface area contributed by atoms with Gasteiger partial charge in [0.05, 0.1) is 5.25 Å². The van der Waals surface area contributed by atoms with Crippen LogP contribution in [-0.2, 0) is 9.84 Å². The number of hydrogen-bond donors (Lipinski definition) is 2. The van der Waals surface area contributed by atoms with Gasteiger partial charge >= 0.3 is 0 Å². The Hall–Kier alpha value is -0.910. The molecule has 18 heavy (non-hydrogen) atoms. The van der Waals surface area contributed by atoms with Crippen LogP contribution in [0.4, 0.5) is 0 Å². The van der Waals surface area contributed by atoms with Crippen molar-refractivity contribution in [3.63, 3.8) is 0 Å². The van der Waals surface area contributed by atoms with Crippen LogP contribution in [-0.4, -0.2) is 33.0 Å². The molecule has 0 radical (unpaired) electrons. The largest absolute Gasteiger partial charge is 0.330 e. The number of sulfone groups is 1. The van der Waals surface area contributed by atoms with E-state index in [2.05, 4.69) is 0 Å². The first-order valence-corrected chi connectivity index (χ1v) is 7.98. The van der Waals surface area contributed by atoms with E-state index in [1.807, 2.05) is 31.2 Å². The molecule has 1 aromatic carbocycles. The van der Waals surface area contributed by atoms with E-state index in [1.54, 1.807) is 0 Å². The van der Waals surface area contributed by atoms with Crippen molar-refractivity contribution in [3.05, 3.63) is 35.4 Å². The van der Waals surface area contributed by atoms with Crippen molar-refractivity contribution >= 4 is 9.84 Å². The molecule has 0 spiro atoms. The van der Waals surface area contributed by atoms with Gasteiger partial charge in [0.2, 0.25) is 0 Å². The molecule has 1 fully saturated rings. The highest BCUT2D eigenvalue weighted by Crippen LogP contribution is 2.61. The van der Waals surface area contributed by atoms with E-state index in [-0.39, 0.29) is 5.92 Å². The molecule has 1 aromatic rings. The van der Waals surface area contributed by atoms with Crippen LogP contribution < -0.4 is 11.5 Å². The zero-order chi connectivity index (χ0) is 13.6. The van der Waals surface area contributed by atoms with Gasteiger partial charge in [-0.25, -0.2) is 8.42 Å². The van der Waals surface area contributed by atoms with Crippen LogP contribution in [0.3, 0.4) is 0 Å². The third-order valence-electron chi connectivity index (χ3n) is 4.04. The summed E-state index contributed by atoms with van der Waals surface area (Å²) in [6, 6.07) is 7.94. The van der Waals surface area contributed by atoms with E-state index in [0.29, 0.717) is 13.1 Å². The molecule has 2 rings (SSSR count). The average molecular weight is 268 g/mol. The van der Waals surface area contributed by atoms with Gasteiger partial charge in [0.15, 0.2) is 9.84 Å². The minimum absolute atomic E-state index is 0.0666. The Labute approximate surface area is 108 Å². The topological polar surface area (TPSA) is 86.2 Å². The molecule has 1 saturated carbocycles. The molecule has 0 saturated heterocycles. The maximum Gasteiger partial charge on any atom is 0.151 e. The van der Waals surface area contributed by atoms with Gasteiger partial charge in [-0.1, -0.05) is 29.8 Å². The lowest BCUT2D eigenvalue weighted by Gasteiger charge is -2.12. The molecule has 0 bridgehead atoms. The summed E-state index contributed by atoms with van der Waals surface area (Å²) in [5, 5.41) is -0.442. The minimum atomic E-state index is -3.13. The molecule has 1 aliphatic rings. The molecule has 0 amide bonds. The SMILES string of the molecule is Cc1ccc([C@H]2[C@@H](S(C)(=O)=O)C2(CN)CN)cc1. The number of nitrogens with two attached hydrogens (primary N) is 2. The van der Waals surface area contributed by atoms with Crippen molar-refractivity contribution in [3.8, 4) is 0 Å². The number of aryl methyl sites for hydroxylation is 1. The summed E-state index contributed by atoms with van der Waals surface area (Å²) >= 11 is 0. The Bertz CT molecular complexity index is 533. The van der Waals surface area contributed by atoms with Gasteiger partial charge in [0.25, 0.3) is 0 Å². The summed E-state index contributed by atoms with van der Waals surface area (Å²) in [5.41, 5.74) is 13.3. The standard InChI is InChI=1S/C13H20N2O2S/c1-9-3-5-10(6-4-9)11-12(18(2,16)17)13(11,7-14)8-15/h3-6,11-12H,7-8,14-15H2,1-2H3/t11-,12+/m0/s1. The molecular formula is C13H20N2O2S. The summed E-state index contributed by atoms with van der Waals surface area (Å²) in [5.74, 6) is -0.0666. The molecule has 0 aliphatic heterocycles. The Morgan fingerprint density at radius 1 is 1.17 bits per heavy atom. The average Bonchev–Trinajstić information content (AvgIpc) is 3.00. The normalized spacial score (nSPS) is 26.0. The Morgan fingerprint density at radius 3 is 2.00 bits per heavy atom. The summed E-state index contributed by atoms with van der Waals surface area (Å²) in [6.07, 6.45) is 1.27. The van der Waals surface area contributed by atoms with Crippen molar-refractivity contribution in [1.82, 2.24) is 0 Å². The predicted octanol–water partition coefficient (Wildman–Crippen LogP) is 0.409. The second kappa shape index (κ2) is 4.33. The van der Waals surface area contributed by atoms with Gasteiger partial charge < -0.3 is 11.5 Å². The van der Waals surface area contributed by atoms with E-state index in [4.69, 9.17) is 11.5 Å². The van der Waals surface area contributed by atoms with Gasteiger partial charge in [-0.15, -0.1) is 0 Å². The first-order chi connectivity index (χ1) is 8.36. The lowest BCUT2D eigenvalue weighted by atomic mass is 9.99. The number of benzene rings is 1. The van der Waals surface area contributed by atoms with E-state index in [9.17, 15) is 8.42 Å². The summed E-state index contributed by atoms with van der Waals surface area (Å²) in [7, 11) is -3.13. The molecule has 0 aromatic heterocycles. The lowest BCUT2D eigenvalue weighted by molar-refractivity contribution is 0.511. The molecule has 100 valence electrons. The van der Waals surface area contributed by atoms with Gasteiger partial charge in [0.1, 0.15) is 0 Å². The fraction of sp³-hybridized carbons (Fsp3) is 0.538. The monoisotopic (exact) mass is 268 g/mol. The zero-order valence-corrected chi connectivity index (χ0v) is 11.6. The molecular weight excluding hydrogens is 248 g/mol. The van der Waals surface area contributed by atoms with Crippen LogP contribution in [0.2, 0.25) is 0 Å². The van der Waals surface area contributed by atoms with Gasteiger partial charge in [-0.3, -0.25) is 0 Å². The van der Waals surface area contributed by atoms with Crippen LogP contribution in [0.25, 0.3) is 0 Å². The second-order valence-corrected chi connectivity index (χ2v) is 7.45. The van der Waals surface area contributed by atoms with E-state index < -0.39 is 20.5 Å². The summed E-state index contributed by atoms with van der Waals surface area (Å²) in [4.78, 5) is 0. The van der Waals surface area contributed by atoms with E-state index in [0.717, 1.165) is 11.1 Å². The minimum Gasteiger partial charge on any atom is -0.330 e. The number of hydrogen-bond acceptors (Lipinski definition) is 4. The van der Waals surface area contributed by atoms with Gasteiger partial charge in [-0.2, -0.15) is 0 Å². The highest BCUT2D eigenvalue weighted by Gasteiger charge is 2.68. The zero-order valence-electron chi connectivity index (χ0n) is 10.8. The fourth-order valence-corrected chi connectivity index (χ4v) is 5.01.